The van der Waals surface area contributed by atoms with Gasteiger partial charge in [-0.2, -0.15) is 0 Å². The van der Waals surface area contributed by atoms with Gasteiger partial charge in [0.25, 0.3) is 5.56 Å². The Balaban J connectivity index is 1.11. The maximum atomic E-state index is 13.6. The Hall–Kier alpha value is -4.57. The van der Waals surface area contributed by atoms with Crippen molar-refractivity contribution in [2.45, 2.75) is 50.8 Å². The summed E-state index contributed by atoms with van der Waals surface area (Å²) < 4.78 is 6.21. The third-order valence-corrected chi connectivity index (χ3v) is 8.55. The van der Waals surface area contributed by atoms with E-state index in [0.29, 0.717) is 26.0 Å². The Kier molecular flexibility index (Phi) is 8.70. The maximum absolute atomic E-state index is 13.6. The van der Waals surface area contributed by atoms with E-state index in [1.54, 1.807) is 6.20 Å². The first-order chi connectivity index (χ1) is 21.4. The minimum atomic E-state index is -0.916. The Labute approximate surface area is 256 Å². The van der Waals surface area contributed by atoms with Crippen LogP contribution in [-0.2, 0) is 16.0 Å². The number of aryl methyl sites for hydroxylation is 3. The van der Waals surface area contributed by atoms with Crippen LogP contribution in [0.2, 0.25) is 0 Å². The van der Waals surface area contributed by atoms with Crippen molar-refractivity contribution in [1.82, 2.24) is 20.3 Å². The fraction of sp³-hybridized carbons (Fsp3) is 0.286. The number of H-pyrrole nitrogens is 2. The summed E-state index contributed by atoms with van der Waals surface area (Å²) in [4.78, 5) is 37.4. The van der Waals surface area contributed by atoms with Crippen molar-refractivity contribution < 1.29 is 9.53 Å². The van der Waals surface area contributed by atoms with Crippen LogP contribution in [0.4, 0.5) is 5.69 Å². The lowest BCUT2D eigenvalue weighted by Gasteiger charge is -2.29. The molecule has 0 spiro atoms. The van der Waals surface area contributed by atoms with E-state index in [1.165, 1.54) is 11.1 Å². The highest BCUT2D eigenvalue weighted by Gasteiger charge is 2.29. The van der Waals surface area contributed by atoms with Gasteiger partial charge in [-0.15, -0.1) is 0 Å². The summed E-state index contributed by atoms with van der Waals surface area (Å²) in [5, 5.41) is 6.41. The maximum Gasteiger partial charge on any atom is 0.271 e. The number of imidazole rings is 1. The molecule has 2 aromatic heterocycles. The molecule has 1 saturated heterocycles. The molecule has 9 nitrogen and oxygen atoms in total. The van der Waals surface area contributed by atoms with Gasteiger partial charge in [-0.05, 0) is 72.7 Å². The molecule has 1 aliphatic heterocycles. The molecule has 1 aliphatic rings. The summed E-state index contributed by atoms with van der Waals surface area (Å²) in [5.74, 6) is 0.0668. The van der Waals surface area contributed by atoms with Crippen molar-refractivity contribution in [3.05, 3.63) is 129 Å². The molecule has 0 aliphatic carbocycles. The molecule has 5 aromatic rings. The van der Waals surface area contributed by atoms with Crippen LogP contribution >= 0.6 is 0 Å². The lowest BCUT2D eigenvalue weighted by molar-refractivity contribution is -0.117. The highest BCUT2D eigenvalue weighted by Crippen LogP contribution is 2.28. The van der Waals surface area contributed by atoms with Gasteiger partial charge >= 0.3 is 0 Å². The van der Waals surface area contributed by atoms with Crippen LogP contribution < -0.4 is 21.9 Å². The number of aromatic amines is 2. The summed E-state index contributed by atoms with van der Waals surface area (Å²) in [5.41, 5.74) is 13.5. The molecule has 6 N–H and O–H groups in total. The van der Waals surface area contributed by atoms with Crippen molar-refractivity contribution in [3.63, 3.8) is 0 Å². The largest absolute Gasteiger partial charge is 0.375 e. The van der Waals surface area contributed by atoms with E-state index in [4.69, 9.17) is 15.5 Å². The smallest absolute Gasteiger partial charge is 0.271 e. The van der Waals surface area contributed by atoms with Crippen LogP contribution in [0.15, 0.2) is 89.9 Å². The number of benzene rings is 3. The highest BCUT2D eigenvalue weighted by molar-refractivity contribution is 5.96. The van der Waals surface area contributed by atoms with Crippen LogP contribution in [0.1, 0.15) is 52.0 Å². The van der Waals surface area contributed by atoms with E-state index in [2.05, 4.69) is 46.6 Å². The van der Waals surface area contributed by atoms with E-state index in [1.807, 2.05) is 66.7 Å². The molecule has 1 amide bonds. The normalized spacial score (nSPS) is 17.5. The first-order valence-corrected chi connectivity index (χ1v) is 15.1. The zero-order chi connectivity index (χ0) is 30.6. The van der Waals surface area contributed by atoms with Crippen LogP contribution in [-0.4, -0.2) is 46.2 Å². The summed E-state index contributed by atoms with van der Waals surface area (Å²) in [6.07, 6.45) is 2.78. The number of fused-ring (bicyclic) bond motifs is 1. The van der Waals surface area contributed by atoms with Crippen LogP contribution in [0.5, 0.6) is 0 Å². The predicted molar refractivity (Wildman–Crippen MR) is 173 cm³/mol. The Morgan fingerprint density at radius 2 is 1.70 bits per heavy atom. The van der Waals surface area contributed by atoms with Crippen molar-refractivity contribution in [2.24, 2.45) is 5.73 Å². The molecule has 3 heterocycles. The van der Waals surface area contributed by atoms with Crippen LogP contribution in [0, 0.1) is 13.8 Å². The minimum Gasteiger partial charge on any atom is -0.375 e. The zero-order valence-corrected chi connectivity index (χ0v) is 25.0. The molecule has 0 bridgehead atoms. The molecule has 1 fully saturated rings. The average Bonchev–Trinajstić information content (AvgIpc) is 3.45. The predicted octanol–water partition coefficient (Wildman–Crippen LogP) is 4.63. The number of rotatable bonds is 9. The average molecular weight is 591 g/mol. The van der Waals surface area contributed by atoms with Crippen molar-refractivity contribution in [2.75, 3.05) is 18.5 Å². The number of nitrogens with one attached hydrogen (secondary N) is 4. The van der Waals surface area contributed by atoms with Gasteiger partial charge in [0.1, 0.15) is 11.5 Å². The van der Waals surface area contributed by atoms with Gasteiger partial charge in [-0.25, -0.2) is 4.98 Å². The van der Waals surface area contributed by atoms with Crippen molar-refractivity contribution in [3.8, 4) is 0 Å². The number of carbonyl (C=O) groups excluding carboxylic acids is 1. The number of anilines is 1. The first-order valence-electron chi connectivity index (χ1n) is 15.1. The van der Waals surface area contributed by atoms with E-state index < -0.39 is 11.9 Å². The lowest BCUT2D eigenvalue weighted by atomic mass is 9.85. The number of nitrogens with two attached hydrogens (primary N) is 1. The number of pyridine rings is 1. The molecule has 6 rings (SSSR count). The lowest BCUT2D eigenvalue weighted by Crippen LogP contribution is -2.42. The van der Waals surface area contributed by atoms with Crippen molar-refractivity contribution in [1.29, 1.82) is 0 Å². The number of carbonyl (C=O) groups is 1. The van der Waals surface area contributed by atoms with Gasteiger partial charge in [0.2, 0.25) is 5.91 Å². The second-order valence-corrected chi connectivity index (χ2v) is 11.6. The molecule has 226 valence electrons. The third kappa shape index (κ3) is 6.35. The number of hydrogen-bond donors (Lipinski definition) is 5. The van der Waals surface area contributed by atoms with E-state index >= 15 is 0 Å². The van der Waals surface area contributed by atoms with Gasteiger partial charge < -0.3 is 31.1 Å². The molecule has 3 atom stereocenters. The molecule has 1 unspecified atom stereocenters. The molecule has 44 heavy (non-hydrogen) atoms. The number of morpholine rings is 1. The molecule has 3 aromatic carbocycles. The summed E-state index contributed by atoms with van der Waals surface area (Å²) in [6, 6.07) is 24.5. The van der Waals surface area contributed by atoms with Gasteiger partial charge in [0.15, 0.2) is 0 Å². The molecule has 0 radical (unpaired) electrons. The zero-order valence-electron chi connectivity index (χ0n) is 25.0. The van der Waals surface area contributed by atoms with Crippen LogP contribution in [0.3, 0.4) is 0 Å². The fourth-order valence-electron chi connectivity index (χ4n) is 5.91. The first kappa shape index (κ1) is 29.5. The SMILES string of the molecule is Cc1cc2nc([C@@H]3CO[C@H](CCc4cc[nH]c(=O)c4NC(=O)C(N)C(c4ccccc4)c4ccccc4)CN3)[nH]c2cc1C. The van der Waals surface area contributed by atoms with E-state index in [-0.39, 0.29) is 29.3 Å². The Morgan fingerprint density at radius 3 is 2.36 bits per heavy atom. The summed E-state index contributed by atoms with van der Waals surface area (Å²) >= 11 is 0. The Morgan fingerprint density at radius 1 is 1.02 bits per heavy atom. The second kappa shape index (κ2) is 13.0. The second-order valence-electron chi connectivity index (χ2n) is 11.6. The number of amides is 1. The summed E-state index contributed by atoms with van der Waals surface area (Å²) in [6.45, 7) is 5.31. The number of ether oxygens (including phenoxy) is 1. The van der Waals surface area contributed by atoms with E-state index in [0.717, 1.165) is 33.5 Å². The monoisotopic (exact) mass is 590 g/mol. The quantitative estimate of drug-likeness (QED) is 0.170. The number of aromatic nitrogens is 3. The van der Waals surface area contributed by atoms with Crippen LogP contribution in [0.25, 0.3) is 11.0 Å². The van der Waals surface area contributed by atoms with Gasteiger partial charge in [0, 0.05) is 18.7 Å². The molecular formula is C35H38N6O3. The van der Waals surface area contributed by atoms with Crippen molar-refractivity contribution >= 4 is 22.6 Å². The topological polar surface area (TPSA) is 138 Å². The van der Waals surface area contributed by atoms with Gasteiger partial charge in [-0.1, -0.05) is 60.7 Å². The Bertz CT molecular complexity index is 1710. The third-order valence-electron chi connectivity index (χ3n) is 8.55. The minimum absolute atomic E-state index is 0.0302. The molecule has 0 saturated carbocycles. The van der Waals surface area contributed by atoms with Gasteiger partial charge in [0.05, 0.1) is 35.8 Å². The number of hydrogen-bond acceptors (Lipinski definition) is 6. The number of nitrogens with zero attached hydrogens (tertiary/aromatic N) is 1. The standard InChI is InChI=1S/C35H38N6O3/c1-21-17-27-28(18-22(21)2)40-33(39-27)29-20-44-26(19-38-29)14-13-25-15-16-37-35(43)32(25)41-34(42)31(36)30(23-9-5-3-6-10-23)24-11-7-4-8-12-24/h3-12,15-18,26,29-31,38H,13-14,19-20,36H2,1-2H3,(H,37,43)(H,39,40)(H,41,42)/t26-,29+,31?/m1/s1. The molecular weight excluding hydrogens is 552 g/mol. The highest BCUT2D eigenvalue weighted by atomic mass is 16.5. The van der Waals surface area contributed by atoms with Gasteiger partial charge in [-0.3, -0.25) is 9.59 Å². The fourth-order valence-corrected chi connectivity index (χ4v) is 5.91. The van der Waals surface area contributed by atoms with E-state index in [9.17, 15) is 9.59 Å². The summed E-state index contributed by atoms with van der Waals surface area (Å²) in [7, 11) is 0. The molecule has 9 heteroatoms.